The van der Waals surface area contributed by atoms with Crippen molar-refractivity contribution in [3.05, 3.63) is 23.8 Å². The van der Waals surface area contributed by atoms with Crippen molar-refractivity contribution in [3.8, 4) is 11.8 Å². The van der Waals surface area contributed by atoms with Gasteiger partial charge < -0.3 is 10.2 Å². The molecule has 1 aromatic rings. The van der Waals surface area contributed by atoms with Crippen LogP contribution in [0, 0.1) is 11.3 Å². The first-order valence-corrected chi connectivity index (χ1v) is 6.30. The Bertz CT molecular complexity index is 618. The number of phenols is 1. The molecule has 1 atom stereocenters. The first-order chi connectivity index (χ1) is 8.27. The van der Waals surface area contributed by atoms with Crippen LogP contribution in [0.2, 0.25) is 0 Å². The zero-order chi connectivity index (χ0) is 13.9. The van der Waals surface area contributed by atoms with Gasteiger partial charge in [0.2, 0.25) is 10.0 Å². The Kier molecular flexibility index (Phi) is 3.78. The van der Waals surface area contributed by atoms with Gasteiger partial charge in [-0.1, -0.05) is 0 Å². The Labute approximate surface area is 103 Å². The van der Waals surface area contributed by atoms with E-state index < -0.39 is 27.0 Å². The third kappa shape index (κ3) is 2.89. The van der Waals surface area contributed by atoms with Gasteiger partial charge in [-0.25, -0.2) is 13.2 Å². The average Bonchev–Trinajstić information content (AvgIpc) is 2.26. The minimum Gasteiger partial charge on any atom is -0.507 e. The Morgan fingerprint density at radius 3 is 2.56 bits per heavy atom. The lowest BCUT2D eigenvalue weighted by molar-refractivity contribution is 0.0694. The number of aromatic hydroxyl groups is 1. The lowest BCUT2D eigenvalue weighted by atomic mass is 10.2. The quantitative estimate of drug-likeness (QED) is 0.740. The molecule has 0 aliphatic heterocycles. The van der Waals surface area contributed by atoms with Crippen LogP contribution in [0.4, 0.5) is 5.69 Å². The van der Waals surface area contributed by atoms with Crippen molar-refractivity contribution in [3.63, 3.8) is 0 Å². The van der Waals surface area contributed by atoms with Crippen LogP contribution in [0.1, 0.15) is 17.3 Å². The van der Waals surface area contributed by atoms with E-state index in [9.17, 15) is 18.3 Å². The third-order valence-electron chi connectivity index (χ3n) is 2.14. The molecule has 1 rings (SSSR count). The van der Waals surface area contributed by atoms with E-state index in [0.717, 1.165) is 12.1 Å². The second-order valence-corrected chi connectivity index (χ2v) is 5.46. The van der Waals surface area contributed by atoms with Crippen molar-refractivity contribution >= 4 is 21.7 Å². The van der Waals surface area contributed by atoms with E-state index in [1.807, 2.05) is 0 Å². The van der Waals surface area contributed by atoms with Gasteiger partial charge in [0.1, 0.15) is 11.3 Å². The van der Waals surface area contributed by atoms with E-state index in [1.165, 1.54) is 13.0 Å². The predicted molar refractivity (Wildman–Crippen MR) is 62.7 cm³/mol. The Morgan fingerprint density at radius 2 is 2.11 bits per heavy atom. The largest absolute Gasteiger partial charge is 0.507 e. The van der Waals surface area contributed by atoms with Crippen LogP contribution < -0.4 is 4.72 Å². The Morgan fingerprint density at radius 1 is 1.50 bits per heavy atom. The highest BCUT2D eigenvalue weighted by Crippen LogP contribution is 2.23. The van der Waals surface area contributed by atoms with Gasteiger partial charge in [-0.15, -0.1) is 0 Å². The summed E-state index contributed by atoms with van der Waals surface area (Å²) in [5, 5.41) is 25.3. The Hall–Kier alpha value is -2.27. The minimum atomic E-state index is -3.88. The first-order valence-electron chi connectivity index (χ1n) is 4.75. The van der Waals surface area contributed by atoms with E-state index in [-0.39, 0.29) is 11.3 Å². The first kappa shape index (κ1) is 13.8. The van der Waals surface area contributed by atoms with Crippen molar-refractivity contribution < 1.29 is 23.4 Å². The molecule has 0 heterocycles. The van der Waals surface area contributed by atoms with Crippen molar-refractivity contribution in [2.45, 2.75) is 12.2 Å². The van der Waals surface area contributed by atoms with Crippen LogP contribution in [0.5, 0.6) is 5.75 Å². The SMILES string of the molecule is CC(C#N)S(=O)(=O)Nc1ccc(C(=O)O)c(O)c1. The molecule has 0 aliphatic rings. The molecular formula is C10H10N2O5S. The molecule has 0 aromatic heterocycles. The van der Waals surface area contributed by atoms with Crippen molar-refractivity contribution in [1.82, 2.24) is 0 Å². The van der Waals surface area contributed by atoms with E-state index in [1.54, 1.807) is 6.07 Å². The number of carboxylic acids is 1. The topological polar surface area (TPSA) is 127 Å². The molecule has 1 unspecified atom stereocenters. The van der Waals surface area contributed by atoms with Crippen molar-refractivity contribution in [1.29, 1.82) is 5.26 Å². The fraction of sp³-hybridized carbons (Fsp3) is 0.200. The number of carbonyl (C=O) groups is 1. The number of carboxylic acid groups (broad SMARTS) is 1. The highest BCUT2D eigenvalue weighted by molar-refractivity contribution is 7.93. The zero-order valence-electron chi connectivity index (χ0n) is 9.28. The summed E-state index contributed by atoms with van der Waals surface area (Å²) in [6.45, 7) is 1.20. The summed E-state index contributed by atoms with van der Waals surface area (Å²) in [4.78, 5) is 10.6. The highest BCUT2D eigenvalue weighted by atomic mass is 32.2. The van der Waals surface area contributed by atoms with E-state index in [0.29, 0.717) is 0 Å². The standard InChI is InChI=1S/C10H10N2O5S/c1-6(5-11)18(16,17)12-7-2-3-8(10(14)15)9(13)4-7/h2-4,6,12-13H,1H3,(H,14,15). The molecule has 18 heavy (non-hydrogen) atoms. The van der Waals surface area contributed by atoms with Gasteiger partial charge in [-0.05, 0) is 19.1 Å². The summed E-state index contributed by atoms with van der Waals surface area (Å²) in [7, 11) is -3.88. The third-order valence-corrected chi connectivity index (χ3v) is 3.69. The maximum absolute atomic E-state index is 11.5. The molecule has 0 fully saturated rings. The van der Waals surface area contributed by atoms with Crippen molar-refractivity contribution in [2.75, 3.05) is 4.72 Å². The van der Waals surface area contributed by atoms with Gasteiger partial charge >= 0.3 is 5.97 Å². The number of hydrogen-bond acceptors (Lipinski definition) is 5. The highest BCUT2D eigenvalue weighted by Gasteiger charge is 2.20. The van der Waals surface area contributed by atoms with E-state index in [4.69, 9.17) is 10.4 Å². The molecule has 7 nitrogen and oxygen atoms in total. The zero-order valence-corrected chi connectivity index (χ0v) is 10.1. The number of aromatic carboxylic acids is 1. The number of hydrogen-bond donors (Lipinski definition) is 3. The number of benzene rings is 1. The molecule has 3 N–H and O–H groups in total. The summed E-state index contributed by atoms with van der Waals surface area (Å²) in [5.74, 6) is -1.89. The molecule has 0 amide bonds. The van der Waals surface area contributed by atoms with E-state index in [2.05, 4.69) is 4.72 Å². The van der Waals surface area contributed by atoms with Crippen LogP contribution in [0.15, 0.2) is 18.2 Å². The molecular weight excluding hydrogens is 260 g/mol. The lowest BCUT2D eigenvalue weighted by Crippen LogP contribution is -2.23. The van der Waals surface area contributed by atoms with Gasteiger partial charge in [0, 0.05) is 6.07 Å². The molecule has 0 saturated carbocycles. The molecule has 0 saturated heterocycles. The second kappa shape index (κ2) is 4.93. The molecule has 0 aliphatic carbocycles. The number of nitrogens with zero attached hydrogens (tertiary/aromatic N) is 1. The number of anilines is 1. The molecule has 0 spiro atoms. The maximum atomic E-state index is 11.5. The Balaban J connectivity index is 3.05. The monoisotopic (exact) mass is 270 g/mol. The van der Waals surface area contributed by atoms with Gasteiger partial charge in [-0.2, -0.15) is 5.26 Å². The van der Waals surface area contributed by atoms with E-state index >= 15 is 0 Å². The summed E-state index contributed by atoms with van der Waals surface area (Å²) in [6.07, 6.45) is 0. The summed E-state index contributed by atoms with van der Waals surface area (Å²) >= 11 is 0. The summed E-state index contributed by atoms with van der Waals surface area (Å²) in [6, 6.07) is 4.77. The van der Waals surface area contributed by atoms with Gasteiger partial charge in [0.15, 0.2) is 5.25 Å². The molecule has 96 valence electrons. The summed E-state index contributed by atoms with van der Waals surface area (Å²) < 4.78 is 25.1. The van der Waals surface area contributed by atoms with Crippen LogP contribution in [0.25, 0.3) is 0 Å². The number of nitriles is 1. The summed E-state index contributed by atoms with van der Waals surface area (Å²) in [5.41, 5.74) is -0.356. The van der Waals surface area contributed by atoms with Gasteiger partial charge in [0.25, 0.3) is 0 Å². The number of sulfonamides is 1. The fourth-order valence-corrected chi connectivity index (χ4v) is 1.87. The normalized spacial score (nSPS) is 12.4. The van der Waals surface area contributed by atoms with Crippen LogP contribution in [-0.4, -0.2) is 29.9 Å². The predicted octanol–water partition coefficient (Wildman–Crippen LogP) is 0.744. The van der Waals surface area contributed by atoms with Crippen molar-refractivity contribution in [2.24, 2.45) is 0 Å². The molecule has 0 radical (unpaired) electrons. The van der Waals surface area contributed by atoms with Crippen LogP contribution in [-0.2, 0) is 10.0 Å². The van der Waals surface area contributed by atoms with Gasteiger partial charge in [0.05, 0.1) is 11.8 Å². The lowest BCUT2D eigenvalue weighted by Gasteiger charge is -2.10. The number of rotatable bonds is 4. The minimum absolute atomic E-state index is 0.0143. The molecule has 0 bridgehead atoms. The fourth-order valence-electron chi connectivity index (χ4n) is 1.10. The molecule has 1 aromatic carbocycles. The van der Waals surface area contributed by atoms with Crippen LogP contribution >= 0.6 is 0 Å². The van der Waals surface area contributed by atoms with Crippen LogP contribution in [0.3, 0.4) is 0 Å². The average molecular weight is 270 g/mol. The second-order valence-electron chi connectivity index (χ2n) is 3.46. The van der Waals surface area contributed by atoms with Gasteiger partial charge in [-0.3, -0.25) is 4.72 Å². The smallest absolute Gasteiger partial charge is 0.339 e. The number of nitrogens with one attached hydrogen (secondary N) is 1. The molecule has 8 heteroatoms. The maximum Gasteiger partial charge on any atom is 0.339 e.